The zero-order valence-electron chi connectivity index (χ0n) is 51.6. The fraction of sp³-hybridized carbons (Fsp3) is 0.818. The largest absolute Gasteiger partial charge is 0.548 e. The van der Waals surface area contributed by atoms with Crippen LogP contribution >= 0.6 is 0 Å². The van der Waals surface area contributed by atoms with E-state index in [1.165, 1.54) is 25.7 Å². The van der Waals surface area contributed by atoms with E-state index >= 15 is 0 Å². The summed E-state index contributed by atoms with van der Waals surface area (Å²) in [4.78, 5) is 135. The van der Waals surface area contributed by atoms with Gasteiger partial charge in [-0.15, -0.1) is 0 Å². The Balaban J connectivity index is 1.66. The first-order valence-corrected chi connectivity index (χ1v) is 29.3. The molecular formula is C55H96N10O21. The molecule has 0 saturated carbocycles. The molecule has 0 aromatic heterocycles. The zero-order valence-corrected chi connectivity index (χ0v) is 51.6. The van der Waals surface area contributed by atoms with Gasteiger partial charge in [-0.05, 0) is 69.6 Å². The fourth-order valence-electron chi connectivity index (χ4n) is 9.94. The van der Waals surface area contributed by atoms with Gasteiger partial charge in [0.15, 0.2) is 18.6 Å². The van der Waals surface area contributed by atoms with Crippen LogP contribution in [0.15, 0.2) is 0 Å². The number of likely N-dealkylation sites (tertiary alicyclic amines) is 1. The summed E-state index contributed by atoms with van der Waals surface area (Å²) in [5.74, 6) is -10.4. The number of ether oxygens (including phenoxy) is 4. The van der Waals surface area contributed by atoms with Gasteiger partial charge in [0, 0.05) is 13.5 Å². The van der Waals surface area contributed by atoms with E-state index in [0.29, 0.717) is 6.42 Å². The normalized spacial score (nSPS) is 27.4. The molecule has 31 nitrogen and oxygen atoms in total. The molecule has 0 aromatic carbocycles. The highest BCUT2D eigenvalue weighted by molar-refractivity contribution is 5.98. The summed E-state index contributed by atoms with van der Waals surface area (Å²) in [6, 6.07) is -12.6. The lowest BCUT2D eigenvalue weighted by atomic mass is 9.95. The number of nitrogens with one attached hydrogen (secondary N) is 8. The van der Waals surface area contributed by atoms with E-state index in [-0.39, 0.29) is 25.3 Å². The summed E-state index contributed by atoms with van der Waals surface area (Å²) in [6.45, 7) is 20.4. The van der Waals surface area contributed by atoms with Gasteiger partial charge >= 0.3 is 0 Å². The van der Waals surface area contributed by atoms with Crippen LogP contribution in [0.2, 0.25) is 0 Å². The van der Waals surface area contributed by atoms with Gasteiger partial charge in [-0.2, -0.15) is 0 Å². The maximum atomic E-state index is 14.3. The van der Waals surface area contributed by atoms with Gasteiger partial charge in [-0.3, -0.25) is 43.2 Å². The van der Waals surface area contributed by atoms with Gasteiger partial charge < -0.3 is 113 Å². The third-order valence-electron chi connectivity index (χ3n) is 15.2. The van der Waals surface area contributed by atoms with Crippen molar-refractivity contribution >= 4 is 59.1 Å². The Bertz CT molecular complexity index is 2330. The van der Waals surface area contributed by atoms with E-state index < -0.39 is 218 Å². The first kappa shape index (κ1) is 74.5. The van der Waals surface area contributed by atoms with E-state index in [9.17, 15) is 83.7 Å². The number of aliphatic carboxylic acids is 1. The van der Waals surface area contributed by atoms with Crippen molar-refractivity contribution in [1.29, 1.82) is 0 Å². The molecule has 3 aliphatic heterocycles. The van der Waals surface area contributed by atoms with Crippen LogP contribution in [0.5, 0.6) is 0 Å². The molecule has 3 rings (SSSR count). The van der Waals surface area contributed by atoms with E-state index in [1.807, 2.05) is 0 Å². The van der Waals surface area contributed by atoms with Crippen molar-refractivity contribution in [3.8, 4) is 0 Å². The molecule has 3 heterocycles. The van der Waals surface area contributed by atoms with Crippen LogP contribution in [-0.2, 0) is 66.9 Å². The summed E-state index contributed by atoms with van der Waals surface area (Å²) in [5.41, 5.74) is 3.93. The molecule has 0 aromatic rings. The molecule has 9 amide bonds. The zero-order chi connectivity index (χ0) is 65.5. The molecule has 0 bridgehead atoms. The number of aliphatic hydroxyl groups is 6. The van der Waals surface area contributed by atoms with Gasteiger partial charge in [0.05, 0.1) is 25.2 Å². The number of hydrogen-bond donors (Lipinski definition) is 15. The predicted octanol–water partition coefficient (Wildman–Crippen LogP) is -7.39. The van der Waals surface area contributed by atoms with Gasteiger partial charge in [0.2, 0.25) is 47.3 Å². The van der Waals surface area contributed by atoms with Crippen molar-refractivity contribution in [2.24, 2.45) is 29.6 Å². The second-order valence-corrected chi connectivity index (χ2v) is 24.3. The number of carboxylic acid groups (broad SMARTS) is 1. The van der Waals surface area contributed by atoms with Crippen molar-refractivity contribution < 1.29 is 108 Å². The highest BCUT2D eigenvalue weighted by atomic mass is 16.7. The highest BCUT2D eigenvalue weighted by Gasteiger charge is 2.53. The van der Waals surface area contributed by atoms with Crippen molar-refractivity contribution in [1.82, 2.24) is 47.4 Å². The minimum absolute atomic E-state index is 0.0901. The maximum absolute atomic E-state index is 14.3. The van der Waals surface area contributed by atoms with Crippen molar-refractivity contribution in [3.63, 3.8) is 0 Å². The molecule has 17 N–H and O–H groups in total. The average molecular weight is 1230 g/mol. The van der Waals surface area contributed by atoms with Gasteiger partial charge in [0.1, 0.15) is 97.2 Å². The van der Waals surface area contributed by atoms with Crippen LogP contribution in [0.3, 0.4) is 0 Å². The van der Waals surface area contributed by atoms with Crippen LogP contribution < -0.4 is 53.4 Å². The lowest BCUT2D eigenvalue weighted by Crippen LogP contribution is -2.75. The molecule has 0 radical (unpaired) electrons. The summed E-state index contributed by atoms with van der Waals surface area (Å²) >= 11 is 0. The lowest BCUT2D eigenvalue weighted by Gasteiger charge is -2.47. The number of rotatable bonds is 30. The van der Waals surface area contributed by atoms with Gasteiger partial charge in [-0.1, -0.05) is 69.2 Å². The van der Waals surface area contributed by atoms with E-state index in [0.717, 1.165) is 6.92 Å². The first-order valence-electron chi connectivity index (χ1n) is 29.3. The third kappa shape index (κ3) is 20.2. The van der Waals surface area contributed by atoms with Crippen LogP contribution in [0.1, 0.15) is 116 Å². The van der Waals surface area contributed by atoms with Crippen molar-refractivity contribution in [3.05, 3.63) is 0 Å². The molecule has 31 heteroatoms. The number of carbonyl (C=O) groups excluding carboxylic acids is 10. The highest BCUT2D eigenvalue weighted by Crippen LogP contribution is 2.31. The molecule has 0 unspecified atom stereocenters. The average Bonchev–Trinajstić information content (AvgIpc) is 1.22. The summed E-state index contributed by atoms with van der Waals surface area (Å²) in [7, 11) is 0. The smallest absolute Gasteiger partial charge is 0.281 e. The predicted molar refractivity (Wildman–Crippen MR) is 299 cm³/mol. The topological polar surface area (TPSA) is 479 Å². The maximum Gasteiger partial charge on any atom is 0.281 e. The van der Waals surface area contributed by atoms with Gasteiger partial charge in [0.25, 0.3) is 5.91 Å². The molecule has 492 valence electrons. The quantitative estimate of drug-likeness (QED) is 0.0318. The molecule has 86 heavy (non-hydrogen) atoms. The SMILES string of the molecule is CC(=O)N[C@H]1[C@@H](O[C@H](C)[C@H]([NH3+])C(=O)N[C@H](C(=O)N2CCC[C@H]2C(=O)N[C@@H](C)C(=O)N[C@@H](C)C(=O)N[C@H](C(=O)N[C@H](C(=O)N[C@H](C(=O)N[C@@H](CC(C)C)C(=O)[O-])C(C)C)C(C)C)C(C)C)C(C)C)O[C@H](CO)[C@H](O)[C@@H]1O[C@@H]1O[C@H](CO)[C@H](O)[C@H](O)[C@H]1O. The Morgan fingerprint density at radius 1 is 0.581 bits per heavy atom. The fourth-order valence-corrected chi connectivity index (χ4v) is 9.94. The first-order chi connectivity index (χ1) is 40.0. The molecule has 0 aliphatic carbocycles. The summed E-state index contributed by atoms with van der Waals surface area (Å²) < 4.78 is 23.2. The number of amides is 9. The minimum Gasteiger partial charge on any atom is -0.548 e. The monoisotopic (exact) mass is 1230 g/mol. The minimum atomic E-state index is -1.92. The Morgan fingerprint density at radius 3 is 1.51 bits per heavy atom. The Labute approximate surface area is 501 Å². The Kier molecular flexibility index (Phi) is 29.1. The van der Waals surface area contributed by atoms with Crippen molar-refractivity contribution in [2.45, 2.75) is 238 Å². The van der Waals surface area contributed by atoms with E-state index in [1.54, 1.807) is 69.2 Å². The van der Waals surface area contributed by atoms with E-state index in [4.69, 9.17) is 18.9 Å². The lowest BCUT2D eigenvalue weighted by molar-refractivity contribution is -0.431. The van der Waals surface area contributed by atoms with Gasteiger partial charge in [-0.25, -0.2) is 0 Å². The summed E-state index contributed by atoms with van der Waals surface area (Å²) in [5, 5.41) is 94.8. The molecular weight excluding hydrogens is 1140 g/mol. The second kappa shape index (κ2) is 33.6. The number of hydrogen-bond acceptors (Lipinski definition) is 21. The van der Waals surface area contributed by atoms with Crippen LogP contribution in [0.4, 0.5) is 0 Å². The Morgan fingerprint density at radius 2 is 1.03 bits per heavy atom. The number of aliphatic hydroxyl groups excluding tert-OH is 6. The molecule has 3 aliphatic rings. The number of carbonyl (C=O) groups is 10. The number of carboxylic acids is 1. The second-order valence-electron chi connectivity index (χ2n) is 24.3. The number of quaternary nitrogens is 1. The third-order valence-corrected chi connectivity index (χ3v) is 15.2. The van der Waals surface area contributed by atoms with Crippen molar-refractivity contribution in [2.75, 3.05) is 19.8 Å². The Hall–Kier alpha value is -5.74. The van der Waals surface area contributed by atoms with E-state index in [2.05, 4.69) is 48.3 Å². The standard InChI is InChI=1S/C55H96N10O21/c1-21(2)18-30(53(81)82)60-49(77)35(22(3)4)62-51(79)37(24(7)8)63-50(78)36(23(5)6)61-46(74)27(12)57-45(73)26(11)58-47(75)31-16-15-17-65(31)52(80)38(25(9)10)64-48(76)34(56)28(13)83-54-39(59-29(14)68)44(41(70)33(20-67)84-54)86-55-43(72)42(71)40(69)32(19-66)85-55/h21-28,30-44,54-55,66-67,69-72H,15-20,56H2,1-14H3,(H,57,73)(H,58,75)(H,59,68)(H,60,77)(H,61,74)(H,62,79)(H,63,78)(H,64,76)(H,81,82)/t26-,27-,28+,30-,31-,32+,33+,34-,35-,36-,37-,38-,39+,40-,41-,42-,43+,44+,54-,55-/m0/s1. The van der Waals surface area contributed by atoms with Crippen LogP contribution in [0, 0.1) is 29.6 Å². The van der Waals surface area contributed by atoms with Crippen LogP contribution in [-0.4, -0.2) is 236 Å². The molecule has 20 atom stereocenters. The van der Waals surface area contributed by atoms with Crippen LogP contribution in [0.25, 0.3) is 0 Å². The summed E-state index contributed by atoms with van der Waals surface area (Å²) in [6.07, 6.45) is -15.7. The molecule has 3 saturated heterocycles. The molecule has 3 fully saturated rings. The number of nitrogens with zero attached hydrogens (tertiary/aromatic N) is 1. The molecule has 0 spiro atoms.